The van der Waals surface area contributed by atoms with E-state index in [2.05, 4.69) is 58.5 Å². The second-order valence-electron chi connectivity index (χ2n) is 7.55. The van der Waals surface area contributed by atoms with Crippen LogP contribution in [0.15, 0.2) is 141 Å². The van der Waals surface area contributed by atoms with Crippen LogP contribution in [-0.4, -0.2) is 22.1 Å². The number of hydrogen-bond acceptors (Lipinski definition) is 10. The molecule has 1 aromatic heterocycles. The van der Waals surface area contributed by atoms with Crippen LogP contribution in [0.5, 0.6) is 6.01 Å². The topological polar surface area (TPSA) is 54.4 Å². The number of ether oxygens (including phenoxy) is 1. The first-order valence-electron chi connectivity index (χ1n) is 11.6. The molecule has 0 spiro atoms. The summed E-state index contributed by atoms with van der Waals surface area (Å²) in [6, 6.07) is 40.9. The van der Waals surface area contributed by atoms with Gasteiger partial charge in [0.1, 0.15) is 0 Å². The Morgan fingerprint density at radius 1 is 0.447 bits per heavy atom. The van der Waals surface area contributed by atoms with Crippen molar-refractivity contribution >= 4 is 59.7 Å². The average Bonchev–Trinajstić information content (AvgIpc) is 2.98. The molecule has 190 valence electrons. The molecule has 0 aliphatic carbocycles. The van der Waals surface area contributed by atoms with Crippen molar-refractivity contribution in [3.8, 4) is 6.01 Å². The fraction of sp³-hybridized carbons (Fsp3) is 0.0357. The Hall–Kier alpha value is -3.31. The van der Waals surface area contributed by atoms with Crippen molar-refractivity contribution in [1.82, 2.24) is 15.0 Å². The fourth-order valence-corrected chi connectivity index (χ4v) is 6.96. The highest BCUT2D eigenvalue weighted by atomic mass is 32.2. The third kappa shape index (κ3) is 7.38. The number of aromatic nitrogens is 3. The van der Waals surface area contributed by atoms with Crippen molar-refractivity contribution in [3.05, 3.63) is 121 Å². The van der Waals surface area contributed by atoms with E-state index in [1.165, 1.54) is 0 Å². The van der Waals surface area contributed by atoms with E-state index in [4.69, 9.17) is 9.72 Å². The van der Waals surface area contributed by atoms with Gasteiger partial charge in [0.05, 0.1) is 7.11 Å². The zero-order valence-electron chi connectivity index (χ0n) is 20.3. The Labute approximate surface area is 239 Å². The minimum Gasteiger partial charge on any atom is -0.467 e. The number of benzene rings is 4. The molecule has 4 aromatic carbocycles. The molecule has 0 amide bonds. The molecule has 0 aliphatic heterocycles. The SMILES string of the molecule is COc1nc(N(Sc2ccccc2)Sc2ccccc2)nc(N(Sc2ccccc2)Sc2ccccc2)n1. The van der Waals surface area contributed by atoms with Crippen LogP contribution in [0.2, 0.25) is 0 Å². The minimum absolute atomic E-state index is 0.240. The van der Waals surface area contributed by atoms with Crippen molar-refractivity contribution in [2.45, 2.75) is 19.6 Å². The molecule has 6 nitrogen and oxygen atoms in total. The summed E-state index contributed by atoms with van der Waals surface area (Å²) in [5.74, 6) is 0.948. The summed E-state index contributed by atoms with van der Waals surface area (Å²) in [7, 11) is 1.57. The molecule has 0 bridgehead atoms. The van der Waals surface area contributed by atoms with Gasteiger partial charge in [0.25, 0.3) is 11.9 Å². The van der Waals surface area contributed by atoms with Crippen LogP contribution >= 0.6 is 47.8 Å². The van der Waals surface area contributed by atoms with Crippen LogP contribution < -0.4 is 12.2 Å². The number of anilines is 2. The second kappa shape index (κ2) is 13.5. The predicted octanol–water partition coefficient (Wildman–Crippen LogP) is 8.32. The molecular formula is C28H23N5OS4. The maximum atomic E-state index is 5.54. The van der Waals surface area contributed by atoms with Crippen molar-refractivity contribution < 1.29 is 4.74 Å². The average molecular weight is 574 g/mol. The second-order valence-corrected chi connectivity index (χ2v) is 12.1. The Kier molecular flexibility index (Phi) is 9.33. The van der Waals surface area contributed by atoms with Crippen molar-refractivity contribution in [2.75, 3.05) is 14.5 Å². The number of hydrogen-bond donors (Lipinski definition) is 0. The van der Waals surface area contributed by atoms with Crippen molar-refractivity contribution in [2.24, 2.45) is 0 Å². The Morgan fingerprint density at radius 3 is 1.00 bits per heavy atom. The first-order valence-corrected chi connectivity index (χ1v) is 14.7. The Morgan fingerprint density at radius 2 is 0.737 bits per heavy atom. The summed E-state index contributed by atoms with van der Waals surface area (Å²) >= 11 is 6.16. The van der Waals surface area contributed by atoms with E-state index in [1.54, 1.807) is 54.9 Å². The molecular weight excluding hydrogens is 551 g/mol. The smallest absolute Gasteiger partial charge is 0.322 e. The molecule has 0 N–H and O–H groups in total. The molecule has 0 saturated heterocycles. The standard InChI is InChI=1S/C28H23N5OS4/c1-34-28-30-26(32(35-22-14-6-2-7-15-22)36-23-16-8-3-9-17-23)29-27(31-28)33(37-24-18-10-4-11-19-24)38-25-20-12-5-13-21-25/h2-21H,1H3. The highest BCUT2D eigenvalue weighted by Crippen LogP contribution is 2.41. The van der Waals surface area contributed by atoms with E-state index >= 15 is 0 Å². The highest BCUT2D eigenvalue weighted by molar-refractivity contribution is 8.18. The van der Waals surface area contributed by atoms with Gasteiger partial charge in [-0.1, -0.05) is 72.8 Å². The number of rotatable bonds is 11. The van der Waals surface area contributed by atoms with Crippen LogP contribution in [0.4, 0.5) is 11.9 Å². The lowest BCUT2D eigenvalue weighted by Gasteiger charge is -2.23. The van der Waals surface area contributed by atoms with Gasteiger partial charge in [0.2, 0.25) is 0 Å². The summed E-state index contributed by atoms with van der Waals surface area (Å²) in [5, 5.41) is 0. The van der Waals surface area contributed by atoms with Crippen LogP contribution in [-0.2, 0) is 0 Å². The van der Waals surface area contributed by atoms with Gasteiger partial charge in [-0.3, -0.25) is 0 Å². The van der Waals surface area contributed by atoms with E-state index in [9.17, 15) is 0 Å². The lowest BCUT2D eigenvalue weighted by Crippen LogP contribution is -2.14. The van der Waals surface area contributed by atoms with E-state index < -0.39 is 0 Å². The fourth-order valence-electron chi connectivity index (χ4n) is 3.10. The first kappa shape index (κ1) is 26.3. The molecule has 38 heavy (non-hydrogen) atoms. The van der Waals surface area contributed by atoms with E-state index in [-0.39, 0.29) is 6.01 Å². The van der Waals surface area contributed by atoms with Gasteiger partial charge < -0.3 is 4.74 Å². The van der Waals surface area contributed by atoms with Crippen molar-refractivity contribution in [1.29, 1.82) is 0 Å². The summed E-state index contributed by atoms with van der Waals surface area (Å²) < 4.78 is 9.51. The van der Waals surface area contributed by atoms with E-state index in [0.29, 0.717) is 11.9 Å². The third-order valence-electron chi connectivity index (χ3n) is 4.83. The molecule has 5 aromatic rings. The number of methoxy groups -OCH3 is 1. The lowest BCUT2D eigenvalue weighted by molar-refractivity contribution is 0.379. The molecule has 0 aliphatic rings. The van der Waals surface area contributed by atoms with Crippen LogP contribution in [0, 0.1) is 0 Å². The lowest BCUT2D eigenvalue weighted by atomic mass is 10.4. The summed E-state index contributed by atoms with van der Waals surface area (Å²) in [6.45, 7) is 0. The molecule has 0 saturated carbocycles. The van der Waals surface area contributed by atoms with Crippen LogP contribution in [0.3, 0.4) is 0 Å². The summed E-state index contributed by atoms with van der Waals surface area (Å²) in [6.07, 6.45) is 0. The minimum atomic E-state index is 0.240. The monoisotopic (exact) mass is 573 g/mol. The van der Waals surface area contributed by atoms with E-state index in [1.807, 2.05) is 80.2 Å². The predicted molar refractivity (Wildman–Crippen MR) is 161 cm³/mol. The first-order chi connectivity index (χ1) is 18.8. The maximum absolute atomic E-state index is 5.54. The van der Waals surface area contributed by atoms with Gasteiger partial charge in [0, 0.05) is 67.4 Å². The van der Waals surface area contributed by atoms with Gasteiger partial charge >= 0.3 is 6.01 Å². The molecule has 5 rings (SSSR count). The maximum Gasteiger partial charge on any atom is 0.322 e. The zero-order valence-corrected chi connectivity index (χ0v) is 23.6. The van der Waals surface area contributed by atoms with Gasteiger partial charge in [-0.15, -0.1) is 0 Å². The van der Waals surface area contributed by atoms with Gasteiger partial charge in [-0.05, 0) is 48.5 Å². The number of nitrogens with zero attached hydrogens (tertiary/aromatic N) is 5. The summed E-state index contributed by atoms with van der Waals surface area (Å²) in [4.78, 5) is 18.4. The molecule has 0 fully saturated rings. The van der Waals surface area contributed by atoms with Crippen LogP contribution in [0.25, 0.3) is 0 Å². The summed E-state index contributed by atoms with van der Waals surface area (Å²) in [5.41, 5.74) is 0. The van der Waals surface area contributed by atoms with Gasteiger partial charge in [-0.2, -0.15) is 15.0 Å². The highest BCUT2D eigenvalue weighted by Gasteiger charge is 2.22. The van der Waals surface area contributed by atoms with Gasteiger partial charge in [-0.25, -0.2) is 7.42 Å². The molecule has 0 unspecified atom stereocenters. The van der Waals surface area contributed by atoms with Gasteiger partial charge in [0.15, 0.2) is 0 Å². The molecule has 10 heteroatoms. The zero-order chi connectivity index (χ0) is 26.0. The largest absolute Gasteiger partial charge is 0.467 e. The third-order valence-corrected chi connectivity index (χ3v) is 8.97. The van der Waals surface area contributed by atoms with Crippen molar-refractivity contribution in [3.63, 3.8) is 0 Å². The Bertz CT molecular complexity index is 1230. The van der Waals surface area contributed by atoms with Crippen LogP contribution in [0.1, 0.15) is 0 Å². The Balaban J connectivity index is 1.54. The molecule has 0 atom stereocenters. The molecule has 0 radical (unpaired) electrons. The normalized spacial score (nSPS) is 10.7. The quantitative estimate of drug-likeness (QED) is 0.144. The molecule has 1 heterocycles. The van der Waals surface area contributed by atoms with E-state index in [0.717, 1.165) is 19.6 Å².